The van der Waals surface area contributed by atoms with Gasteiger partial charge in [-0.15, -0.1) is 0 Å². The molecule has 0 bridgehead atoms. The van der Waals surface area contributed by atoms with Gasteiger partial charge < -0.3 is 19.9 Å². The molecule has 12 heteroatoms. The minimum Gasteiger partial charge on any atom is -0.493 e. The van der Waals surface area contributed by atoms with Crippen molar-refractivity contribution in [2.24, 2.45) is 0 Å². The molecule has 0 unspecified atom stereocenters. The van der Waals surface area contributed by atoms with Crippen LogP contribution in [0.5, 0.6) is 11.5 Å². The van der Waals surface area contributed by atoms with Crippen molar-refractivity contribution in [3.63, 3.8) is 0 Å². The molecule has 0 aromatic carbocycles. The molecule has 0 spiro atoms. The summed E-state index contributed by atoms with van der Waals surface area (Å²) in [6.07, 6.45) is 10.0. The summed E-state index contributed by atoms with van der Waals surface area (Å²) < 4.78 is 29.2. The highest BCUT2D eigenvalue weighted by atomic mass is 19.1. The topological polar surface area (TPSA) is 126 Å². The average molecular weight is 575 g/mol. The summed E-state index contributed by atoms with van der Waals surface area (Å²) in [6, 6.07) is 5.63. The normalized spacial score (nSPS) is 21.5. The van der Waals surface area contributed by atoms with Gasteiger partial charge in [0.05, 0.1) is 49.7 Å². The third-order valence-corrected chi connectivity index (χ3v) is 8.69. The van der Waals surface area contributed by atoms with Crippen molar-refractivity contribution < 1.29 is 19.0 Å². The molecule has 5 heterocycles. The van der Waals surface area contributed by atoms with Gasteiger partial charge in [0.15, 0.2) is 29.3 Å². The van der Waals surface area contributed by atoms with Crippen LogP contribution in [0.15, 0.2) is 36.8 Å². The van der Waals surface area contributed by atoms with Crippen LogP contribution in [-0.4, -0.2) is 66.7 Å². The smallest absolute Gasteiger partial charge is 0.176 e. The number of methoxy groups -OCH3 is 1. The molecule has 2 N–H and O–H groups in total. The SMILES string of the molecule is COc1cnn2cc(-c3nn4c(c3C)[C@@H](C)N(C3CCC(NC#N)CC3)CC4)cc(O[C@H](CO)c3ccc(F)cn3)c12. The first-order chi connectivity index (χ1) is 20.4. The number of nitrogens with zero attached hydrogens (tertiary/aromatic N) is 7. The minimum atomic E-state index is -0.826. The number of hydrogen-bond acceptors (Lipinski definition) is 9. The van der Waals surface area contributed by atoms with Crippen LogP contribution in [0.25, 0.3) is 16.8 Å². The van der Waals surface area contributed by atoms with E-state index in [2.05, 4.69) is 45.0 Å². The maximum Gasteiger partial charge on any atom is 0.176 e. The molecule has 2 aliphatic rings. The van der Waals surface area contributed by atoms with Crippen molar-refractivity contribution in [3.05, 3.63) is 59.6 Å². The Morgan fingerprint density at radius 3 is 2.69 bits per heavy atom. The molecule has 6 rings (SSSR count). The van der Waals surface area contributed by atoms with Crippen molar-refractivity contribution in [1.82, 2.24) is 34.6 Å². The van der Waals surface area contributed by atoms with E-state index in [0.29, 0.717) is 28.8 Å². The van der Waals surface area contributed by atoms with Gasteiger partial charge in [-0.3, -0.25) is 14.6 Å². The van der Waals surface area contributed by atoms with E-state index in [-0.39, 0.29) is 18.7 Å². The molecule has 42 heavy (non-hydrogen) atoms. The number of halogens is 1. The summed E-state index contributed by atoms with van der Waals surface area (Å²) in [5, 5.41) is 31.6. The zero-order valence-corrected chi connectivity index (χ0v) is 24.0. The Balaban J connectivity index is 1.33. The van der Waals surface area contributed by atoms with Crippen LogP contribution in [0.3, 0.4) is 0 Å². The monoisotopic (exact) mass is 574 g/mol. The predicted octanol–water partition coefficient (Wildman–Crippen LogP) is 3.92. The van der Waals surface area contributed by atoms with Crippen molar-refractivity contribution >= 4 is 5.52 Å². The van der Waals surface area contributed by atoms with Gasteiger partial charge in [0.2, 0.25) is 0 Å². The second-order valence-corrected chi connectivity index (χ2v) is 11.0. The lowest BCUT2D eigenvalue weighted by atomic mass is 9.88. The lowest BCUT2D eigenvalue weighted by Crippen LogP contribution is -2.47. The molecule has 0 radical (unpaired) electrons. The summed E-state index contributed by atoms with van der Waals surface area (Å²) in [7, 11) is 1.56. The first kappa shape index (κ1) is 27.9. The zero-order chi connectivity index (χ0) is 29.4. The number of hydrogen-bond donors (Lipinski definition) is 2. The summed E-state index contributed by atoms with van der Waals surface area (Å²) in [6.45, 7) is 5.71. The molecule has 4 aromatic rings. The molecule has 2 atom stereocenters. The predicted molar refractivity (Wildman–Crippen MR) is 152 cm³/mol. The maximum absolute atomic E-state index is 13.5. The second-order valence-electron chi connectivity index (χ2n) is 11.0. The van der Waals surface area contributed by atoms with Gasteiger partial charge in [-0.25, -0.2) is 8.91 Å². The largest absolute Gasteiger partial charge is 0.493 e. The summed E-state index contributed by atoms with van der Waals surface area (Å²) in [5.74, 6) is 0.493. The van der Waals surface area contributed by atoms with E-state index >= 15 is 0 Å². The summed E-state index contributed by atoms with van der Waals surface area (Å²) >= 11 is 0. The van der Waals surface area contributed by atoms with Gasteiger partial charge in [0.25, 0.3) is 0 Å². The molecule has 11 nitrogen and oxygen atoms in total. The van der Waals surface area contributed by atoms with E-state index in [9.17, 15) is 9.50 Å². The first-order valence-electron chi connectivity index (χ1n) is 14.3. The number of fused-ring (bicyclic) bond motifs is 2. The van der Waals surface area contributed by atoms with Crippen LogP contribution in [0.4, 0.5) is 4.39 Å². The third-order valence-electron chi connectivity index (χ3n) is 8.69. The van der Waals surface area contributed by atoms with Gasteiger partial charge in [-0.05, 0) is 63.3 Å². The molecular weight excluding hydrogens is 539 g/mol. The van der Waals surface area contributed by atoms with Crippen molar-refractivity contribution in [1.29, 1.82) is 5.26 Å². The number of aromatic nitrogens is 5. The number of ether oxygens (including phenoxy) is 2. The van der Waals surface area contributed by atoms with Crippen molar-refractivity contribution in [2.45, 2.75) is 70.3 Å². The van der Waals surface area contributed by atoms with Crippen molar-refractivity contribution in [3.8, 4) is 28.9 Å². The number of aliphatic hydroxyl groups is 1. The standard InChI is InChI=1S/C30H35FN8O3/c1-18-28(36-38-11-10-37(19(2)29(18)38)23-7-5-22(6-8-23)34-17-32)20-12-25(30-26(41-3)14-35-39(30)15-20)42-27(16-40)24-9-4-21(31)13-33-24/h4,9,12-15,19,22-23,27,34,40H,5-8,10-11,16H2,1-3H3/t19-,22?,23?,27-/m1/s1. The van der Waals surface area contributed by atoms with Crippen LogP contribution in [0.1, 0.15) is 61.7 Å². The minimum absolute atomic E-state index is 0.193. The Kier molecular flexibility index (Phi) is 7.70. The van der Waals surface area contributed by atoms with Crippen molar-refractivity contribution in [2.75, 3.05) is 20.3 Å². The third kappa shape index (κ3) is 5.03. The van der Waals surface area contributed by atoms with E-state index < -0.39 is 11.9 Å². The molecule has 4 aromatic heterocycles. The zero-order valence-electron chi connectivity index (χ0n) is 24.0. The molecular formula is C30H35FN8O3. The van der Waals surface area contributed by atoms with Crippen LogP contribution < -0.4 is 14.8 Å². The van der Waals surface area contributed by atoms with Crippen LogP contribution in [0, 0.1) is 24.2 Å². The van der Waals surface area contributed by atoms with Gasteiger partial charge >= 0.3 is 0 Å². The number of rotatable bonds is 8. The van der Waals surface area contributed by atoms with Gasteiger partial charge in [0, 0.05) is 36.4 Å². The highest BCUT2D eigenvalue weighted by Crippen LogP contribution is 2.40. The average Bonchev–Trinajstić information content (AvgIpc) is 3.58. The van der Waals surface area contributed by atoms with Gasteiger partial charge in [0.1, 0.15) is 5.82 Å². The fraction of sp³-hybridized carbons (Fsp3) is 0.467. The number of aliphatic hydroxyl groups excluding tert-OH is 1. The fourth-order valence-electron chi connectivity index (χ4n) is 6.59. The van der Waals surface area contributed by atoms with Crippen LogP contribution >= 0.6 is 0 Å². The molecule has 0 saturated heterocycles. The highest BCUT2D eigenvalue weighted by Gasteiger charge is 2.35. The lowest BCUT2D eigenvalue weighted by molar-refractivity contribution is 0.0772. The highest BCUT2D eigenvalue weighted by molar-refractivity contribution is 5.75. The van der Waals surface area contributed by atoms with Gasteiger partial charge in [-0.1, -0.05) is 0 Å². The quantitative estimate of drug-likeness (QED) is 0.238. The van der Waals surface area contributed by atoms with Crippen LogP contribution in [0.2, 0.25) is 0 Å². The molecule has 220 valence electrons. The van der Waals surface area contributed by atoms with Crippen LogP contribution in [-0.2, 0) is 6.54 Å². The Morgan fingerprint density at radius 2 is 2.00 bits per heavy atom. The number of nitrogens with one attached hydrogen (secondary N) is 1. The summed E-state index contributed by atoms with van der Waals surface area (Å²) in [5.41, 5.74) is 4.94. The fourth-order valence-corrected chi connectivity index (χ4v) is 6.59. The van der Waals surface area contributed by atoms with E-state index in [1.54, 1.807) is 17.8 Å². The number of nitriles is 1. The Morgan fingerprint density at radius 1 is 1.19 bits per heavy atom. The lowest BCUT2D eigenvalue weighted by Gasteiger charge is -2.42. The van der Waals surface area contributed by atoms with E-state index in [1.807, 2.05) is 12.3 Å². The maximum atomic E-state index is 13.5. The van der Waals surface area contributed by atoms with E-state index in [1.165, 1.54) is 17.8 Å². The van der Waals surface area contributed by atoms with E-state index in [0.717, 1.165) is 61.8 Å². The first-order valence-corrected chi connectivity index (χ1v) is 14.3. The molecule has 0 amide bonds. The van der Waals surface area contributed by atoms with E-state index in [4.69, 9.17) is 19.8 Å². The molecule has 1 fully saturated rings. The summed E-state index contributed by atoms with van der Waals surface area (Å²) in [4.78, 5) is 6.70. The molecule has 1 aliphatic carbocycles. The second kappa shape index (κ2) is 11.6. The van der Waals surface area contributed by atoms with Gasteiger partial charge in [-0.2, -0.15) is 15.5 Å². The Bertz CT molecular complexity index is 1600. The molecule has 1 saturated carbocycles. The molecule has 1 aliphatic heterocycles. The number of pyridine rings is 2. The Hall–Kier alpha value is -4.21. The Labute approximate surface area is 243 Å².